The second kappa shape index (κ2) is 27.2. The first-order chi connectivity index (χ1) is 23.4. The van der Waals surface area contributed by atoms with Crippen LogP contribution < -0.4 is 31.8 Å². The third kappa shape index (κ3) is 14.8. The van der Waals surface area contributed by atoms with Crippen molar-refractivity contribution in [3.05, 3.63) is 226 Å². The van der Waals surface area contributed by atoms with Crippen LogP contribution in [0.2, 0.25) is 0 Å². The van der Waals surface area contributed by atoms with E-state index in [1.807, 2.05) is 24.6 Å². The zero-order valence-corrected chi connectivity index (χ0v) is 31.7. The summed E-state index contributed by atoms with van der Waals surface area (Å²) in [5, 5.41) is 8.39. The monoisotopic (exact) mass is 896 g/mol. The molecule has 0 aliphatic heterocycles. The number of allylic oxidation sites excluding steroid dienone is 4. The fourth-order valence-electron chi connectivity index (χ4n) is 4.63. The molecule has 6 aromatic carbocycles. The fourth-order valence-corrected chi connectivity index (χ4v) is 9.25. The van der Waals surface area contributed by atoms with Gasteiger partial charge in [-0.1, -0.05) is 182 Å². The van der Waals surface area contributed by atoms with Crippen molar-refractivity contribution in [2.75, 3.05) is 0 Å². The molecule has 246 valence electrons. The molecule has 0 atom stereocenters. The van der Waals surface area contributed by atoms with E-state index in [1.165, 1.54) is 31.8 Å². The molecule has 0 saturated carbocycles. The van der Waals surface area contributed by atoms with Gasteiger partial charge in [0, 0.05) is 17.1 Å². The van der Waals surface area contributed by atoms with Crippen LogP contribution >= 0.6 is 15.8 Å². The van der Waals surface area contributed by atoms with Gasteiger partial charge in [-0.3, -0.25) is 6.08 Å². The van der Waals surface area contributed by atoms with E-state index in [2.05, 4.69) is 201 Å². The molecule has 0 saturated heterocycles. The number of benzene rings is 6. The summed E-state index contributed by atoms with van der Waals surface area (Å²) in [5.41, 5.74) is 0. The Hall–Kier alpha value is -3.60. The molecule has 0 heterocycles. The molecule has 0 bridgehead atoms. The molecule has 7 rings (SSSR count). The molecule has 0 N–H and O–H groups in total. The molecule has 2 radical (unpaired) electrons. The molecule has 0 spiro atoms. The van der Waals surface area contributed by atoms with Crippen LogP contribution in [-0.4, -0.2) is 0 Å². The maximum atomic E-state index is 7.50. The second-order valence-corrected chi connectivity index (χ2v) is 14.0. The molecule has 2 nitrogen and oxygen atoms in total. The van der Waals surface area contributed by atoms with Gasteiger partial charge in [-0.05, 0) is 47.7 Å². The van der Waals surface area contributed by atoms with E-state index in [9.17, 15) is 0 Å². The molecular formula is C43H34AuMnO2P2. The zero-order valence-electron chi connectivity index (χ0n) is 26.5. The fraction of sp³-hybridized carbons (Fsp3) is 0. The van der Waals surface area contributed by atoms with E-state index in [0.717, 1.165) is 0 Å². The van der Waals surface area contributed by atoms with Crippen molar-refractivity contribution >= 4 is 47.7 Å². The normalized spacial score (nSPS) is 10.1. The van der Waals surface area contributed by atoms with Gasteiger partial charge in [0.05, 0.1) is 0 Å². The molecule has 1 aliphatic carbocycles. The van der Waals surface area contributed by atoms with Crippen LogP contribution in [-0.2, 0) is 48.8 Å². The van der Waals surface area contributed by atoms with Gasteiger partial charge < -0.3 is 0 Å². The SMILES string of the molecule is [Au+].[C-]#[O+].[C-]#[O+].[C-]1=CC=C[CH]1.[Mn].c1ccc(P(c2ccccc2)c2ccccc2)cc1.c1ccc(P(c2ccccc2)c2ccccc2)cc1. The van der Waals surface area contributed by atoms with Crippen LogP contribution in [0.5, 0.6) is 0 Å². The largest absolute Gasteiger partial charge is 0.270 e. The van der Waals surface area contributed by atoms with Crippen molar-refractivity contribution < 1.29 is 48.8 Å². The summed E-state index contributed by atoms with van der Waals surface area (Å²) in [5.74, 6) is 0. The van der Waals surface area contributed by atoms with Crippen molar-refractivity contribution in [3.63, 3.8) is 0 Å². The molecule has 0 unspecified atom stereocenters. The Kier molecular flexibility index (Phi) is 24.1. The molecule has 0 aromatic heterocycles. The van der Waals surface area contributed by atoms with E-state index in [1.54, 1.807) is 0 Å². The Balaban J connectivity index is 0.000000381. The van der Waals surface area contributed by atoms with Gasteiger partial charge in [-0.15, -0.1) is 6.42 Å². The standard InChI is InChI=1S/2C18H15P.C5H4.2CO.Au.Mn/c2*1-4-10-16(11-5-1)19(17-12-6-2-7-13-17)18-14-8-3-9-15-18;1-2-4-5-3-1;2*1-2;;/h2*1-15H;1-4H;;;;/q;;-1;;;+1;. The van der Waals surface area contributed by atoms with E-state index in [-0.39, 0.29) is 39.4 Å². The second-order valence-electron chi connectivity index (χ2n) is 9.57. The molecule has 6 aromatic rings. The van der Waals surface area contributed by atoms with E-state index < -0.39 is 15.8 Å². The van der Waals surface area contributed by atoms with Crippen molar-refractivity contribution in [1.29, 1.82) is 0 Å². The smallest absolute Gasteiger partial charge is 0 e. The number of rotatable bonds is 6. The molecule has 0 fully saturated rings. The van der Waals surface area contributed by atoms with Crippen LogP contribution in [0.15, 0.2) is 200 Å². The predicted octanol–water partition coefficient (Wildman–Crippen LogP) is 7.93. The van der Waals surface area contributed by atoms with Crippen LogP contribution in [0.25, 0.3) is 0 Å². The van der Waals surface area contributed by atoms with Crippen LogP contribution in [0.4, 0.5) is 0 Å². The number of hydrogen-bond donors (Lipinski definition) is 0. The summed E-state index contributed by atoms with van der Waals surface area (Å²) < 4.78 is 15.0. The van der Waals surface area contributed by atoms with Gasteiger partial charge >= 0.3 is 45.0 Å². The summed E-state index contributed by atoms with van der Waals surface area (Å²) in [7, 11) is -0.892. The Labute approximate surface area is 320 Å². The summed E-state index contributed by atoms with van der Waals surface area (Å²) >= 11 is 0. The minimum Gasteiger partial charge on any atom is -0.270 e. The van der Waals surface area contributed by atoms with E-state index in [4.69, 9.17) is 9.30 Å². The van der Waals surface area contributed by atoms with Gasteiger partial charge in [0.15, 0.2) is 0 Å². The molecular weight excluding hydrogens is 862 g/mol. The minimum atomic E-state index is -0.446. The summed E-state index contributed by atoms with van der Waals surface area (Å²) in [4.78, 5) is 0. The zero-order chi connectivity index (χ0) is 33.4. The third-order valence-corrected chi connectivity index (χ3v) is 11.5. The maximum Gasteiger partial charge on any atom is 0 e. The van der Waals surface area contributed by atoms with Crippen molar-refractivity contribution in [2.45, 2.75) is 0 Å². The maximum absolute atomic E-state index is 7.50. The third-order valence-electron chi connectivity index (χ3n) is 6.58. The van der Waals surface area contributed by atoms with Crippen molar-refractivity contribution in [1.82, 2.24) is 0 Å². The number of hydrogen-bond acceptors (Lipinski definition) is 0. The summed E-state index contributed by atoms with van der Waals surface area (Å²) in [6.45, 7) is 9.00. The first-order valence-corrected chi connectivity index (χ1v) is 17.5. The van der Waals surface area contributed by atoms with Gasteiger partial charge in [-0.2, -0.15) is 6.08 Å². The average Bonchev–Trinajstić information content (AvgIpc) is 3.78. The first kappa shape index (κ1) is 43.4. The van der Waals surface area contributed by atoms with Crippen LogP contribution in [0.1, 0.15) is 0 Å². The quantitative estimate of drug-likeness (QED) is 0.0707. The van der Waals surface area contributed by atoms with Gasteiger partial charge in [0.1, 0.15) is 0 Å². The molecule has 0 amide bonds. The van der Waals surface area contributed by atoms with E-state index >= 15 is 0 Å². The van der Waals surface area contributed by atoms with Crippen molar-refractivity contribution in [2.24, 2.45) is 0 Å². The topological polar surface area (TPSA) is 39.8 Å². The van der Waals surface area contributed by atoms with Gasteiger partial charge in [0.2, 0.25) is 0 Å². The predicted molar refractivity (Wildman–Crippen MR) is 199 cm³/mol. The van der Waals surface area contributed by atoms with Crippen molar-refractivity contribution in [3.8, 4) is 0 Å². The molecule has 1 aliphatic rings. The van der Waals surface area contributed by atoms with E-state index in [0.29, 0.717) is 0 Å². The van der Waals surface area contributed by atoms with Gasteiger partial charge in [0.25, 0.3) is 0 Å². The minimum absolute atomic E-state index is 0. The Morgan fingerprint density at radius 2 is 0.551 bits per heavy atom. The Morgan fingerprint density at radius 1 is 0.347 bits per heavy atom. The first-order valence-electron chi connectivity index (χ1n) is 14.8. The van der Waals surface area contributed by atoms with Crippen LogP contribution in [0, 0.1) is 25.8 Å². The Bertz CT molecular complexity index is 1450. The molecule has 6 heteroatoms. The average molecular weight is 897 g/mol. The van der Waals surface area contributed by atoms with Gasteiger partial charge in [-0.25, -0.2) is 12.2 Å². The summed E-state index contributed by atoms with van der Waals surface area (Å²) in [6, 6.07) is 64.7. The Morgan fingerprint density at radius 3 is 0.673 bits per heavy atom. The van der Waals surface area contributed by atoms with Crippen LogP contribution in [0.3, 0.4) is 0 Å². The summed E-state index contributed by atoms with van der Waals surface area (Å²) in [6.07, 6.45) is 10.5. The molecule has 49 heavy (non-hydrogen) atoms.